The van der Waals surface area contributed by atoms with E-state index in [9.17, 15) is 14.7 Å². The molecule has 0 aliphatic heterocycles. The van der Waals surface area contributed by atoms with Crippen molar-refractivity contribution >= 4 is 11.9 Å². The lowest BCUT2D eigenvalue weighted by Crippen LogP contribution is -2.23. The summed E-state index contributed by atoms with van der Waals surface area (Å²) in [5.74, 6) is -0.970. The molecule has 0 saturated carbocycles. The third kappa shape index (κ3) is 5.09. The Morgan fingerprint density at radius 3 is 2.30 bits per heavy atom. The molecule has 0 spiro atoms. The number of hydrogen-bond donors (Lipinski definition) is 2. The molecule has 3 aromatic carbocycles. The van der Waals surface area contributed by atoms with Crippen LogP contribution in [0.1, 0.15) is 30.9 Å². The number of carbonyl (C=O) groups excluding carboxylic acids is 2. The average Bonchev–Trinajstić information content (AvgIpc) is 2.80. The van der Waals surface area contributed by atoms with Crippen LogP contribution in [0.3, 0.4) is 0 Å². The number of esters is 1. The molecule has 1 amide bonds. The third-order valence-corrected chi connectivity index (χ3v) is 5.22. The van der Waals surface area contributed by atoms with Crippen molar-refractivity contribution in [1.82, 2.24) is 0 Å². The number of hydrogen-bond acceptors (Lipinski definition) is 6. The van der Waals surface area contributed by atoms with Gasteiger partial charge < -0.3 is 25.1 Å². The highest BCUT2D eigenvalue weighted by atomic mass is 16.5. The fraction of sp³-hybridized carbons (Fsp3) is 0.231. The minimum atomic E-state index is -0.851. The van der Waals surface area contributed by atoms with Crippen LogP contribution >= 0.6 is 0 Å². The number of ether oxygens (including phenoxy) is 3. The molecule has 33 heavy (non-hydrogen) atoms. The molecule has 0 bridgehead atoms. The molecule has 0 radical (unpaired) electrons. The Hall–Kier alpha value is -4.00. The van der Waals surface area contributed by atoms with Gasteiger partial charge >= 0.3 is 5.97 Å². The maximum absolute atomic E-state index is 12.5. The molecule has 0 heterocycles. The van der Waals surface area contributed by atoms with E-state index < -0.39 is 11.8 Å². The van der Waals surface area contributed by atoms with Gasteiger partial charge in [-0.25, -0.2) is 0 Å². The molecule has 172 valence electrons. The van der Waals surface area contributed by atoms with Crippen molar-refractivity contribution in [3.63, 3.8) is 0 Å². The molecule has 3 rings (SSSR count). The quantitative estimate of drug-likeness (QED) is 0.393. The van der Waals surface area contributed by atoms with Gasteiger partial charge in [0.25, 0.3) is 0 Å². The second-order valence-corrected chi connectivity index (χ2v) is 7.80. The van der Waals surface area contributed by atoms with Gasteiger partial charge in [-0.2, -0.15) is 0 Å². The Labute approximate surface area is 192 Å². The molecule has 3 aromatic rings. The topological polar surface area (TPSA) is 108 Å². The van der Waals surface area contributed by atoms with Crippen LogP contribution in [0.2, 0.25) is 0 Å². The van der Waals surface area contributed by atoms with E-state index in [1.54, 1.807) is 56.3 Å². The largest absolute Gasteiger partial charge is 0.504 e. The van der Waals surface area contributed by atoms with Gasteiger partial charge in [-0.1, -0.05) is 50.2 Å². The Morgan fingerprint density at radius 2 is 1.67 bits per heavy atom. The van der Waals surface area contributed by atoms with Crippen LogP contribution in [0, 0.1) is 5.92 Å². The van der Waals surface area contributed by atoms with Crippen LogP contribution in [-0.2, 0) is 9.59 Å². The lowest BCUT2D eigenvalue weighted by molar-refractivity contribution is -0.137. The number of phenolic OH excluding ortho intramolecular Hbond substituents is 1. The minimum Gasteiger partial charge on any atom is -0.504 e. The molecular formula is C26H27NO6. The van der Waals surface area contributed by atoms with E-state index in [4.69, 9.17) is 19.9 Å². The van der Waals surface area contributed by atoms with Gasteiger partial charge in [0.2, 0.25) is 5.91 Å². The zero-order valence-electron chi connectivity index (χ0n) is 19.0. The fourth-order valence-corrected chi connectivity index (χ4v) is 3.57. The van der Waals surface area contributed by atoms with Crippen LogP contribution in [0.15, 0.2) is 60.7 Å². The summed E-state index contributed by atoms with van der Waals surface area (Å²) in [6.45, 7) is 3.53. The van der Waals surface area contributed by atoms with Crippen molar-refractivity contribution in [2.45, 2.75) is 19.8 Å². The lowest BCUT2D eigenvalue weighted by Gasteiger charge is -2.21. The normalized spacial score (nSPS) is 11.7. The van der Waals surface area contributed by atoms with E-state index in [0.29, 0.717) is 28.2 Å². The first-order chi connectivity index (χ1) is 15.8. The first-order valence-electron chi connectivity index (χ1n) is 10.4. The Bertz CT molecular complexity index is 1170. The van der Waals surface area contributed by atoms with Crippen LogP contribution in [0.5, 0.6) is 23.0 Å². The summed E-state index contributed by atoms with van der Waals surface area (Å²) < 4.78 is 16.4. The number of rotatable bonds is 8. The molecule has 0 aliphatic rings. The molecule has 0 aliphatic carbocycles. The summed E-state index contributed by atoms with van der Waals surface area (Å²) in [6.07, 6.45) is 0. The first kappa shape index (κ1) is 23.7. The minimum absolute atomic E-state index is 0.0436. The summed E-state index contributed by atoms with van der Waals surface area (Å²) in [6, 6.07) is 17.1. The average molecular weight is 450 g/mol. The summed E-state index contributed by atoms with van der Waals surface area (Å²) in [5, 5.41) is 9.94. The number of primary amides is 1. The van der Waals surface area contributed by atoms with E-state index in [1.807, 2.05) is 12.1 Å². The van der Waals surface area contributed by atoms with Crippen molar-refractivity contribution in [3.05, 3.63) is 71.8 Å². The molecule has 0 aromatic heterocycles. The number of phenols is 1. The monoisotopic (exact) mass is 449 g/mol. The smallest absolute Gasteiger partial charge is 0.313 e. The van der Waals surface area contributed by atoms with Crippen molar-refractivity contribution in [2.24, 2.45) is 11.7 Å². The first-order valence-corrected chi connectivity index (χ1v) is 10.4. The van der Waals surface area contributed by atoms with Crippen molar-refractivity contribution in [1.29, 1.82) is 0 Å². The Balaban J connectivity index is 2.11. The van der Waals surface area contributed by atoms with Gasteiger partial charge in [-0.3, -0.25) is 9.59 Å². The van der Waals surface area contributed by atoms with Crippen molar-refractivity contribution in [3.8, 4) is 34.1 Å². The summed E-state index contributed by atoms with van der Waals surface area (Å²) >= 11 is 0. The summed E-state index contributed by atoms with van der Waals surface area (Å²) in [7, 11) is 2.94. The molecule has 7 nitrogen and oxygen atoms in total. The van der Waals surface area contributed by atoms with Gasteiger partial charge in [-0.05, 0) is 35.4 Å². The van der Waals surface area contributed by atoms with E-state index in [1.165, 1.54) is 20.3 Å². The molecule has 1 unspecified atom stereocenters. The molecule has 0 fully saturated rings. The zero-order chi connectivity index (χ0) is 24.1. The number of amides is 1. The highest BCUT2D eigenvalue weighted by Gasteiger charge is 2.26. The lowest BCUT2D eigenvalue weighted by atomic mass is 9.87. The highest BCUT2D eigenvalue weighted by Crippen LogP contribution is 2.41. The number of aromatic hydroxyl groups is 1. The second-order valence-electron chi connectivity index (χ2n) is 7.80. The number of methoxy groups -OCH3 is 2. The molecule has 0 saturated heterocycles. The predicted octanol–water partition coefficient (Wildman–Crippen LogP) is 4.26. The van der Waals surface area contributed by atoms with Crippen molar-refractivity contribution < 1.29 is 28.9 Å². The zero-order valence-corrected chi connectivity index (χ0v) is 19.0. The predicted molar refractivity (Wildman–Crippen MR) is 125 cm³/mol. The van der Waals surface area contributed by atoms with Crippen LogP contribution in [0.4, 0.5) is 0 Å². The third-order valence-electron chi connectivity index (χ3n) is 5.22. The Morgan fingerprint density at radius 1 is 0.939 bits per heavy atom. The highest BCUT2D eigenvalue weighted by molar-refractivity contribution is 5.88. The number of benzene rings is 3. The van der Waals surface area contributed by atoms with E-state index in [-0.39, 0.29) is 23.4 Å². The Kier molecular flexibility index (Phi) is 7.23. The van der Waals surface area contributed by atoms with Crippen LogP contribution < -0.4 is 19.9 Å². The van der Waals surface area contributed by atoms with Gasteiger partial charge in [0.15, 0.2) is 11.5 Å². The number of nitrogens with two attached hydrogens (primary N) is 1. The maximum Gasteiger partial charge on any atom is 0.313 e. The second kappa shape index (κ2) is 10.1. The molecule has 7 heteroatoms. The standard InChI is InChI=1S/C26H27NO6/c1-15(2)26(30)33-18-8-5-7-16(13-18)19-9-6-10-20(24(19)32-4)23(25(27)29)17-11-12-21(28)22(14-17)31-3/h5-15,23,28H,1-4H3,(H2,27,29). The number of carbonyl (C=O) groups is 2. The maximum atomic E-state index is 12.5. The van der Waals surface area contributed by atoms with E-state index in [2.05, 4.69) is 0 Å². The van der Waals surface area contributed by atoms with E-state index >= 15 is 0 Å². The van der Waals surface area contributed by atoms with E-state index in [0.717, 1.165) is 5.56 Å². The molecule has 3 N–H and O–H groups in total. The summed E-state index contributed by atoms with van der Waals surface area (Å²) in [4.78, 5) is 24.6. The van der Waals surface area contributed by atoms with Crippen LogP contribution in [-0.4, -0.2) is 31.2 Å². The van der Waals surface area contributed by atoms with Gasteiger partial charge in [0, 0.05) is 11.1 Å². The van der Waals surface area contributed by atoms with Crippen LogP contribution in [0.25, 0.3) is 11.1 Å². The number of para-hydroxylation sites is 1. The SMILES string of the molecule is COc1cc(C(C(N)=O)c2cccc(-c3cccc(OC(=O)C(C)C)c3)c2OC)ccc1O. The summed E-state index contributed by atoms with van der Waals surface area (Å²) in [5.41, 5.74) is 8.35. The van der Waals surface area contributed by atoms with Crippen molar-refractivity contribution in [2.75, 3.05) is 14.2 Å². The van der Waals surface area contributed by atoms with Gasteiger partial charge in [0.1, 0.15) is 11.5 Å². The van der Waals surface area contributed by atoms with Gasteiger partial charge in [0.05, 0.1) is 26.1 Å². The fourth-order valence-electron chi connectivity index (χ4n) is 3.57. The van der Waals surface area contributed by atoms with Gasteiger partial charge in [-0.15, -0.1) is 0 Å². The molecular weight excluding hydrogens is 422 g/mol. The molecule has 1 atom stereocenters.